The molecule has 0 N–H and O–H groups in total. The zero-order valence-corrected chi connectivity index (χ0v) is 15.1. The lowest BCUT2D eigenvalue weighted by atomic mass is 9.69. The molecule has 0 aromatic rings. The van der Waals surface area contributed by atoms with Gasteiger partial charge in [-0.25, -0.2) is 0 Å². The molecule has 0 amide bonds. The molecule has 1 saturated heterocycles. The highest BCUT2D eigenvalue weighted by Crippen LogP contribution is 2.49. The van der Waals surface area contributed by atoms with E-state index in [0.717, 1.165) is 11.6 Å². The Bertz CT molecular complexity index is 252. The van der Waals surface area contributed by atoms with Gasteiger partial charge in [0.25, 0.3) is 0 Å². The van der Waals surface area contributed by atoms with Gasteiger partial charge in [-0.05, 0) is 42.4 Å². The molecule has 1 heterocycles. The van der Waals surface area contributed by atoms with Crippen LogP contribution in [0.5, 0.6) is 0 Å². The van der Waals surface area contributed by atoms with Gasteiger partial charge < -0.3 is 0 Å². The highest BCUT2D eigenvalue weighted by molar-refractivity contribution is 7.38. The van der Waals surface area contributed by atoms with Crippen molar-refractivity contribution in [3.05, 3.63) is 0 Å². The zero-order valence-electron chi connectivity index (χ0n) is 14.1. The Morgan fingerprint density at radius 3 is 2.15 bits per heavy atom. The lowest BCUT2D eigenvalue weighted by molar-refractivity contribution is 0.157. The number of hydrogen-bond donors (Lipinski definition) is 0. The maximum absolute atomic E-state index is 2.68. The van der Waals surface area contributed by atoms with Gasteiger partial charge in [0.1, 0.15) is 0 Å². The lowest BCUT2D eigenvalue weighted by Gasteiger charge is -2.43. The van der Waals surface area contributed by atoms with Gasteiger partial charge >= 0.3 is 0 Å². The highest BCUT2D eigenvalue weighted by Gasteiger charge is 2.38. The third kappa shape index (κ3) is 4.72. The van der Waals surface area contributed by atoms with Gasteiger partial charge in [0.05, 0.1) is 0 Å². The first kappa shape index (κ1) is 16.8. The Kier molecular flexibility index (Phi) is 7.37. The van der Waals surface area contributed by atoms with E-state index in [1.807, 2.05) is 0 Å². The summed E-state index contributed by atoms with van der Waals surface area (Å²) in [6.07, 6.45) is 21.1. The monoisotopic (exact) mass is 296 g/mol. The molecule has 20 heavy (non-hydrogen) atoms. The highest BCUT2D eigenvalue weighted by atomic mass is 31.1. The van der Waals surface area contributed by atoms with E-state index in [1.165, 1.54) is 91.8 Å². The van der Waals surface area contributed by atoms with Gasteiger partial charge in [0.15, 0.2) is 0 Å². The molecule has 0 aromatic carbocycles. The molecule has 4 unspecified atom stereocenters. The van der Waals surface area contributed by atoms with Gasteiger partial charge in [-0.2, -0.15) is 0 Å². The Morgan fingerprint density at radius 1 is 0.750 bits per heavy atom. The van der Waals surface area contributed by atoms with Crippen molar-refractivity contribution in [2.24, 2.45) is 11.3 Å². The summed E-state index contributed by atoms with van der Waals surface area (Å²) in [5.74, 6) is 0.957. The first-order valence-electron chi connectivity index (χ1n) is 9.47. The molecule has 118 valence electrons. The third-order valence-corrected chi connectivity index (χ3v) is 8.42. The molecule has 2 aliphatic rings. The third-order valence-electron chi connectivity index (χ3n) is 6.33. The average Bonchev–Trinajstić information content (AvgIpc) is 2.63. The van der Waals surface area contributed by atoms with Gasteiger partial charge in [0, 0.05) is 0 Å². The van der Waals surface area contributed by atoms with E-state index in [9.17, 15) is 0 Å². The van der Waals surface area contributed by atoms with Crippen molar-refractivity contribution < 1.29 is 0 Å². The molecule has 1 aliphatic heterocycles. The van der Waals surface area contributed by atoms with E-state index < -0.39 is 0 Å². The van der Waals surface area contributed by atoms with Crippen LogP contribution in [0.1, 0.15) is 97.3 Å². The van der Waals surface area contributed by atoms with Gasteiger partial charge in [-0.15, -0.1) is 8.58 Å². The van der Waals surface area contributed by atoms with Crippen LogP contribution in [0.3, 0.4) is 0 Å². The summed E-state index contributed by atoms with van der Waals surface area (Å²) in [5, 5.41) is 0. The minimum absolute atomic E-state index is 0.660. The number of hydrogen-bond acceptors (Lipinski definition) is 0. The van der Waals surface area contributed by atoms with Crippen molar-refractivity contribution in [3.8, 4) is 0 Å². The van der Waals surface area contributed by atoms with Crippen LogP contribution < -0.4 is 0 Å². The average molecular weight is 296 g/mol. The summed E-state index contributed by atoms with van der Waals surface area (Å²) in [4.78, 5) is 0. The van der Waals surface area contributed by atoms with E-state index in [-0.39, 0.29) is 0 Å². The van der Waals surface area contributed by atoms with Crippen LogP contribution in [0.25, 0.3) is 0 Å². The van der Waals surface area contributed by atoms with Crippen LogP contribution in [-0.4, -0.2) is 11.8 Å². The molecular formula is C19H37P. The van der Waals surface area contributed by atoms with E-state index in [0.29, 0.717) is 5.41 Å². The minimum atomic E-state index is 0.660. The minimum Gasteiger partial charge on any atom is -0.118 e. The topological polar surface area (TPSA) is 0 Å². The maximum Gasteiger partial charge on any atom is -0.0180 e. The Morgan fingerprint density at radius 2 is 1.35 bits per heavy atom. The maximum atomic E-state index is 2.68. The first-order valence-corrected chi connectivity index (χ1v) is 10.8. The second-order valence-electron chi connectivity index (χ2n) is 7.78. The van der Waals surface area contributed by atoms with Gasteiger partial charge in [-0.3, -0.25) is 0 Å². The van der Waals surface area contributed by atoms with E-state index >= 15 is 0 Å². The fraction of sp³-hybridized carbons (Fsp3) is 1.00. The van der Waals surface area contributed by atoms with Crippen LogP contribution in [0.15, 0.2) is 0 Å². The summed E-state index contributed by atoms with van der Waals surface area (Å²) in [6.45, 7) is 5.26. The first-order chi connectivity index (χ1) is 9.73. The van der Waals surface area contributed by atoms with Crippen molar-refractivity contribution >= 4 is 8.58 Å². The molecule has 1 saturated carbocycles. The van der Waals surface area contributed by atoms with E-state index in [4.69, 9.17) is 0 Å². The van der Waals surface area contributed by atoms with Crippen molar-refractivity contribution in [3.63, 3.8) is 0 Å². The second-order valence-corrected chi connectivity index (χ2v) is 9.38. The standard InChI is InChI=1S/C19H37P/c1-17-13-9-5-3-7-11-15-19(17,2)18-14-10-6-4-8-12-16-20-18/h17-18,20H,3-16H2,1-2H3. The predicted octanol–water partition coefficient (Wildman–Crippen LogP) is 6.77. The Hall–Kier alpha value is 0.430. The van der Waals surface area contributed by atoms with Crippen molar-refractivity contribution in [1.29, 1.82) is 0 Å². The van der Waals surface area contributed by atoms with E-state index in [1.54, 1.807) is 6.42 Å². The second kappa shape index (κ2) is 8.77. The van der Waals surface area contributed by atoms with Crippen LogP contribution in [0.2, 0.25) is 0 Å². The Labute approximate surface area is 129 Å². The summed E-state index contributed by atoms with van der Waals surface area (Å²) in [5.41, 5.74) is 1.71. The van der Waals surface area contributed by atoms with Gasteiger partial charge in [-0.1, -0.05) is 78.1 Å². The van der Waals surface area contributed by atoms with Crippen molar-refractivity contribution in [2.45, 2.75) is 103 Å². The molecule has 0 spiro atoms. The fourth-order valence-corrected chi connectivity index (χ4v) is 6.63. The van der Waals surface area contributed by atoms with Crippen molar-refractivity contribution in [1.82, 2.24) is 0 Å². The molecule has 0 aromatic heterocycles. The van der Waals surface area contributed by atoms with Crippen LogP contribution >= 0.6 is 8.58 Å². The molecule has 2 rings (SSSR count). The summed E-state index contributed by atoms with van der Waals surface area (Å²) in [7, 11) is 1.26. The molecule has 2 fully saturated rings. The zero-order chi connectivity index (χ0) is 14.3. The molecular weight excluding hydrogens is 259 g/mol. The summed E-state index contributed by atoms with van der Waals surface area (Å²) in [6, 6.07) is 0. The quantitative estimate of drug-likeness (QED) is 0.468. The fourth-order valence-electron chi connectivity index (χ4n) is 4.53. The van der Waals surface area contributed by atoms with Crippen LogP contribution in [0.4, 0.5) is 0 Å². The van der Waals surface area contributed by atoms with Crippen LogP contribution in [0, 0.1) is 11.3 Å². The predicted molar refractivity (Wildman–Crippen MR) is 94.3 cm³/mol. The van der Waals surface area contributed by atoms with E-state index in [2.05, 4.69) is 13.8 Å². The Balaban J connectivity index is 2.04. The SMILES string of the molecule is CC1CCCCCCCC1(C)C1CCCCCCCP1. The lowest BCUT2D eigenvalue weighted by Crippen LogP contribution is -2.36. The molecule has 1 aliphatic carbocycles. The molecule has 0 radical (unpaired) electrons. The molecule has 4 atom stereocenters. The van der Waals surface area contributed by atoms with Crippen molar-refractivity contribution in [2.75, 3.05) is 6.16 Å². The molecule has 0 nitrogen and oxygen atoms in total. The smallest absolute Gasteiger partial charge is 0.0180 e. The number of rotatable bonds is 1. The largest absolute Gasteiger partial charge is 0.118 e. The van der Waals surface area contributed by atoms with Gasteiger partial charge in [0.2, 0.25) is 0 Å². The molecule has 1 heteroatoms. The summed E-state index contributed by atoms with van der Waals surface area (Å²) >= 11 is 0. The normalized spacial score (nSPS) is 39.9. The van der Waals surface area contributed by atoms with Crippen LogP contribution in [-0.2, 0) is 0 Å². The molecule has 0 bridgehead atoms. The summed E-state index contributed by atoms with van der Waals surface area (Å²) < 4.78 is 0.